The molecule has 2 heterocycles. The van der Waals surface area contributed by atoms with Crippen LogP contribution >= 0.6 is 0 Å². The predicted octanol–water partition coefficient (Wildman–Crippen LogP) is 2.40. The van der Waals surface area contributed by atoms with E-state index in [0.717, 1.165) is 24.1 Å². The van der Waals surface area contributed by atoms with Crippen molar-refractivity contribution in [2.45, 2.75) is 50.9 Å². The smallest absolute Gasteiger partial charge is 0.334 e. The van der Waals surface area contributed by atoms with E-state index in [1.807, 2.05) is 38.1 Å². The zero-order chi connectivity index (χ0) is 19.2. The molecule has 1 N–H and O–H groups in total. The van der Waals surface area contributed by atoms with Gasteiger partial charge in [-0.05, 0) is 56.4 Å². The van der Waals surface area contributed by atoms with Crippen molar-refractivity contribution in [3.63, 3.8) is 0 Å². The number of carbonyl (C=O) groups excluding carboxylic acids is 2. The van der Waals surface area contributed by atoms with Crippen molar-refractivity contribution in [2.24, 2.45) is 17.3 Å². The number of ketones is 1. The normalized spacial score (nSPS) is 44.9. The number of allylic oxidation sites excluding steroid dienone is 1. The molecule has 1 spiro atoms. The molecule has 6 atom stereocenters. The fourth-order valence-electron chi connectivity index (χ4n) is 5.92. The number of aliphatic hydroxyl groups is 1. The monoisotopic (exact) mass is 367 g/mol. The highest BCUT2D eigenvalue weighted by atomic mass is 16.6. The molecule has 5 heteroatoms. The van der Waals surface area contributed by atoms with Crippen molar-refractivity contribution < 1.29 is 19.4 Å². The lowest BCUT2D eigenvalue weighted by molar-refractivity contribution is -0.166. The van der Waals surface area contributed by atoms with Gasteiger partial charge in [0.05, 0.1) is 12.0 Å². The van der Waals surface area contributed by atoms with E-state index >= 15 is 0 Å². The van der Waals surface area contributed by atoms with Crippen molar-refractivity contribution in [3.8, 4) is 0 Å². The molecule has 1 aromatic rings. The molecule has 0 amide bonds. The molecule has 1 saturated carbocycles. The van der Waals surface area contributed by atoms with E-state index in [-0.39, 0.29) is 23.6 Å². The number of hydrogen-bond acceptors (Lipinski definition) is 5. The van der Waals surface area contributed by atoms with E-state index < -0.39 is 22.7 Å². The fraction of sp³-hybridized carbons (Fsp3) is 0.545. The summed E-state index contributed by atoms with van der Waals surface area (Å²) in [6.45, 7) is 6.42. The van der Waals surface area contributed by atoms with Crippen LogP contribution in [0.3, 0.4) is 0 Å². The number of anilines is 1. The van der Waals surface area contributed by atoms with E-state index in [0.29, 0.717) is 6.54 Å². The van der Waals surface area contributed by atoms with Crippen LogP contribution in [0.2, 0.25) is 0 Å². The molecule has 0 bridgehead atoms. The second kappa shape index (κ2) is 5.02. The summed E-state index contributed by atoms with van der Waals surface area (Å²) in [6, 6.07) is 8.04. The van der Waals surface area contributed by atoms with Crippen LogP contribution in [0.15, 0.2) is 36.4 Å². The third-order valence-electron chi connectivity index (χ3n) is 7.81. The second-order valence-corrected chi connectivity index (χ2v) is 8.93. The Kier molecular flexibility index (Phi) is 3.16. The Hall–Kier alpha value is -2.14. The summed E-state index contributed by atoms with van der Waals surface area (Å²) in [5.74, 6) is -0.563. The van der Waals surface area contributed by atoms with Gasteiger partial charge in [-0.2, -0.15) is 0 Å². The zero-order valence-corrected chi connectivity index (χ0v) is 15.9. The number of carbonyl (C=O) groups is 2. The summed E-state index contributed by atoms with van der Waals surface area (Å²) >= 11 is 0. The summed E-state index contributed by atoms with van der Waals surface area (Å²) in [4.78, 5) is 28.1. The summed E-state index contributed by atoms with van der Waals surface area (Å²) in [5, 5.41) is 11.4. The summed E-state index contributed by atoms with van der Waals surface area (Å²) in [6.07, 6.45) is 4.03. The maximum atomic E-state index is 13.1. The molecule has 0 aromatic heterocycles. The highest BCUT2D eigenvalue weighted by Gasteiger charge is 2.77. The SMILES string of the molecule is Cc1ccccc1N1CC12C(=O)O[C@@H]1[C@H]2CC[C@H](C)[C@]2(O)C=CC(=O)[C@@]12C. The quantitative estimate of drug-likeness (QED) is 0.610. The van der Waals surface area contributed by atoms with Crippen molar-refractivity contribution in [2.75, 3.05) is 11.4 Å². The van der Waals surface area contributed by atoms with Gasteiger partial charge in [0.1, 0.15) is 11.7 Å². The first-order valence-corrected chi connectivity index (χ1v) is 9.77. The van der Waals surface area contributed by atoms with Gasteiger partial charge in [-0.1, -0.05) is 25.1 Å². The third-order valence-corrected chi connectivity index (χ3v) is 7.81. The van der Waals surface area contributed by atoms with Gasteiger partial charge in [0.15, 0.2) is 11.3 Å². The molecule has 2 saturated heterocycles. The van der Waals surface area contributed by atoms with Crippen LogP contribution in [-0.4, -0.2) is 40.6 Å². The van der Waals surface area contributed by atoms with Gasteiger partial charge in [0.2, 0.25) is 0 Å². The molecule has 142 valence electrons. The summed E-state index contributed by atoms with van der Waals surface area (Å²) in [7, 11) is 0. The largest absolute Gasteiger partial charge is 0.459 e. The number of nitrogens with zero attached hydrogens (tertiary/aromatic N) is 1. The van der Waals surface area contributed by atoms with Gasteiger partial charge < -0.3 is 14.7 Å². The molecule has 5 nitrogen and oxygen atoms in total. The molecule has 4 aliphatic rings. The Balaban J connectivity index is 1.59. The molecule has 1 unspecified atom stereocenters. The van der Waals surface area contributed by atoms with Crippen LogP contribution < -0.4 is 4.90 Å². The van der Waals surface area contributed by atoms with Crippen LogP contribution in [0.25, 0.3) is 0 Å². The molecule has 3 fully saturated rings. The maximum Gasteiger partial charge on any atom is 0.334 e. The summed E-state index contributed by atoms with van der Waals surface area (Å²) < 4.78 is 5.91. The second-order valence-electron chi connectivity index (χ2n) is 8.93. The number of rotatable bonds is 1. The van der Waals surface area contributed by atoms with Crippen LogP contribution in [0.4, 0.5) is 5.69 Å². The lowest BCUT2D eigenvalue weighted by atomic mass is 9.64. The Labute approximate surface area is 159 Å². The number of para-hydroxylation sites is 1. The first-order chi connectivity index (χ1) is 12.8. The zero-order valence-electron chi connectivity index (χ0n) is 15.9. The van der Waals surface area contributed by atoms with Crippen molar-refractivity contribution in [1.82, 2.24) is 0 Å². The third kappa shape index (κ3) is 1.79. The standard InChI is InChI=1S/C22H25NO4/c1-13-6-4-5-7-16(13)23-12-21(23)15-9-8-14(2)22(26)11-10-17(24)20(22,3)18(15)27-19(21)25/h4-7,10-11,14-15,18,26H,8-9,12H2,1-3H3/t14-,15+,18+,20-,21?,22+,23?/m0/s1. The van der Waals surface area contributed by atoms with E-state index in [1.54, 1.807) is 13.0 Å². The minimum atomic E-state index is -1.27. The molecular weight excluding hydrogens is 342 g/mol. The highest BCUT2D eigenvalue weighted by Crippen LogP contribution is 2.62. The van der Waals surface area contributed by atoms with Gasteiger partial charge in [0.25, 0.3) is 0 Å². The molecule has 1 aromatic carbocycles. The van der Waals surface area contributed by atoms with Crippen molar-refractivity contribution in [3.05, 3.63) is 42.0 Å². The van der Waals surface area contributed by atoms with Crippen LogP contribution in [0.1, 0.15) is 32.3 Å². The molecular formula is C22H25NO4. The number of fused-ring (bicyclic) bond motifs is 4. The van der Waals surface area contributed by atoms with Crippen molar-refractivity contribution in [1.29, 1.82) is 0 Å². The highest BCUT2D eigenvalue weighted by molar-refractivity contribution is 6.02. The predicted molar refractivity (Wildman–Crippen MR) is 100 cm³/mol. The first-order valence-electron chi connectivity index (χ1n) is 9.77. The maximum absolute atomic E-state index is 13.1. The number of hydrogen-bond donors (Lipinski definition) is 1. The van der Waals surface area contributed by atoms with E-state index in [2.05, 4.69) is 4.90 Å². The molecule has 2 aliphatic carbocycles. The minimum absolute atomic E-state index is 0.0720. The first kappa shape index (κ1) is 17.0. The van der Waals surface area contributed by atoms with Crippen LogP contribution in [0.5, 0.6) is 0 Å². The number of esters is 1. The topological polar surface area (TPSA) is 66.6 Å². The van der Waals surface area contributed by atoms with Crippen LogP contribution in [-0.2, 0) is 14.3 Å². The van der Waals surface area contributed by atoms with Gasteiger partial charge in [0, 0.05) is 11.6 Å². The number of ether oxygens (including phenoxy) is 1. The lowest BCUT2D eigenvalue weighted by Gasteiger charge is -2.43. The number of benzene rings is 1. The van der Waals surface area contributed by atoms with Gasteiger partial charge in [-0.15, -0.1) is 0 Å². The fourth-order valence-corrected chi connectivity index (χ4v) is 5.92. The van der Waals surface area contributed by atoms with Gasteiger partial charge in [-0.3, -0.25) is 4.79 Å². The molecule has 27 heavy (non-hydrogen) atoms. The molecule has 2 aliphatic heterocycles. The van der Waals surface area contributed by atoms with Gasteiger partial charge >= 0.3 is 5.97 Å². The summed E-state index contributed by atoms with van der Waals surface area (Å²) in [5.41, 5.74) is -0.921. The van der Waals surface area contributed by atoms with Crippen molar-refractivity contribution >= 4 is 17.4 Å². The minimum Gasteiger partial charge on any atom is -0.459 e. The Bertz CT molecular complexity index is 894. The van der Waals surface area contributed by atoms with E-state index in [4.69, 9.17) is 4.74 Å². The average Bonchev–Trinajstić information content (AvgIpc) is 3.27. The Morgan fingerprint density at radius 2 is 1.96 bits per heavy atom. The Morgan fingerprint density at radius 3 is 2.70 bits per heavy atom. The lowest BCUT2D eigenvalue weighted by Crippen LogP contribution is -2.57. The Morgan fingerprint density at radius 1 is 1.22 bits per heavy atom. The van der Waals surface area contributed by atoms with E-state index in [9.17, 15) is 14.7 Å². The van der Waals surface area contributed by atoms with Gasteiger partial charge in [-0.25, -0.2) is 4.79 Å². The van der Waals surface area contributed by atoms with Crippen LogP contribution in [0, 0.1) is 24.2 Å². The molecule has 5 rings (SSSR count). The van der Waals surface area contributed by atoms with E-state index in [1.165, 1.54) is 6.08 Å². The molecule has 0 radical (unpaired) electrons. The average molecular weight is 367 g/mol. The number of aryl methyl sites for hydroxylation is 1.